The van der Waals surface area contributed by atoms with Crippen molar-refractivity contribution in [3.05, 3.63) is 29.8 Å². The number of hydrogen-bond acceptors (Lipinski definition) is 3. The molecule has 0 aliphatic heterocycles. The minimum Gasteiger partial charge on any atom is -0.493 e. The molecule has 0 fully saturated rings. The van der Waals surface area contributed by atoms with Crippen molar-refractivity contribution in [3.63, 3.8) is 0 Å². The van der Waals surface area contributed by atoms with E-state index < -0.39 is 0 Å². The zero-order valence-corrected chi connectivity index (χ0v) is 9.77. The second kappa shape index (κ2) is 6.85. The molecule has 0 aliphatic carbocycles. The van der Waals surface area contributed by atoms with Crippen LogP contribution in [0, 0.1) is 0 Å². The highest BCUT2D eigenvalue weighted by atomic mass is 16.5. The maximum Gasteiger partial charge on any atom is 0.130 e. The number of ether oxygens (including phenoxy) is 2. The Labute approximate surface area is 96.1 Å². The van der Waals surface area contributed by atoms with Crippen molar-refractivity contribution < 1.29 is 9.47 Å². The number of aliphatic imine (C=N–C) groups is 1. The van der Waals surface area contributed by atoms with E-state index in [-0.39, 0.29) is 0 Å². The van der Waals surface area contributed by atoms with E-state index in [4.69, 9.17) is 15.2 Å². The van der Waals surface area contributed by atoms with Gasteiger partial charge in [-0.15, -0.1) is 0 Å². The van der Waals surface area contributed by atoms with Gasteiger partial charge in [0.25, 0.3) is 0 Å². The Bertz CT molecular complexity index is 351. The number of methoxy groups -OCH3 is 1. The minimum absolute atomic E-state index is 0.487. The molecule has 0 radical (unpaired) electrons. The van der Waals surface area contributed by atoms with Gasteiger partial charge in [-0.1, -0.05) is 12.1 Å². The van der Waals surface area contributed by atoms with Crippen molar-refractivity contribution in [2.24, 2.45) is 10.7 Å². The Balaban J connectivity index is 2.80. The van der Waals surface area contributed by atoms with Crippen LogP contribution >= 0.6 is 0 Å². The SMILES string of the molecule is CCOc1ccccc1C(N)=NCCOC. The molecule has 2 N–H and O–H groups in total. The molecule has 1 aromatic carbocycles. The van der Waals surface area contributed by atoms with E-state index in [1.165, 1.54) is 0 Å². The molecule has 0 unspecified atom stereocenters. The summed E-state index contributed by atoms with van der Waals surface area (Å²) in [7, 11) is 1.64. The monoisotopic (exact) mass is 222 g/mol. The second-order valence-corrected chi connectivity index (χ2v) is 3.19. The lowest BCUT2D eigenvalue weighted by molar-refractivity contribution is 0.208. The average Bonchev–Trinajstić information content (AvgIpc) is 2.30. The van der Waals surface area contributed by atoms with E-state index in [1.54, 1.807) is 7.11 Å². The molecule has 0 heterocycles. The summed E-state index contributed by atoms with van der Waals surface area (Å²) in [6.07, 6.45) is 0. The molecule has 0 saturated heterocycles. The van der Waals surface area contributed by atoms with Crippen molar-refractivity contribution in [1.82, 2.24) is 0 Å². The fourth-order valence-corrected chi connectivity index (χ4v) is 1.30. The quantitative estimate of drug-likeness (QED) is 0.450. The molecular weight excluding hydrogens is 204 g/mol. The first-order valence-electron chi connectivity index (χ1n) is 5.30. The number of rotatable bonds is 6. The Hall–Kier alpha value is -1.55. The average molecular weight is 222 g/mol. The second-order valence-electron chi connectivity index (χ2n) is 3.19. The van der Waals surface area contributed by atoms with Crippen LogP contribution in [0.5, 0.6) is 5.75 Å². The van der Waals surface area contributed by atoms with Crippen molar-refractivity contribution in [3.8, 4) is 5.75 Å². The summed E-state index contributed by atoms with van der Waals surface area (Å²) in [5.74, 6) is 1.25. The van der Waals surface area contributed by atoms with Crippen molar-refractivity contribution in [2.45, 2.75) is 6.92 Å². The predicted octanol–water partition coefficient (Wildman–Crippen LogP) is 1.44. The summed E-state index contributed by atoms with van der Waals surface area (Å²) in [6.45, 7) is 3.68. The maximum atomic E-state index is 5.88. The molecule has 0 atom stereocenters. The summed E-state index contributed by atoms with van der Waals surface area (Å²) in [5, 5.41) is 0. The molecule has 0 aromatic heterocycles. The number of nitrogens with zero attached hydrogens (tertiary/aromatic N) is 1. The lowest BCUT2D eigenvalue weighted by Crippen LogP contribution is -2.16. The lowest BCUT2D eigenvalue weighted by Gasteiger charge is -2.09. The number of amidine groups is 1. The van der Waals surface area contributed by atoms with E-state index in [1.807, 2.05) is 31.2 Å². The highest BCUT2D eigenvalue weighted by Gasteiger charge is 2.05. The molecule has 0 amide bonds. The maximum absolute atomic E-state index is 5.88. The number of benzene rings is 1. The van der Waals surface area contributed by atoms with Gasteiger partial charge in [-0.3, -0.25) is 4.99 Å². The van der Waals surface area contributed by atoms with Crippen LogP contribution < -0.4 is 10.5 Å². The van der Waals surface area contributed by atoms with Crippen LogP contribution in [0.15, 0.2) is 29.3 Å². The fourth-order valence-electron chi connectivity index (χ4n) is 1.30. The minimum atomic E-state index is 0.487. The van der Waals surface area contributed by atoms with Crippen LogP contribution in [-0.2, 0) is 4.74 Å². The smallest absolute Gasteiger partial charge is 0.130 e. The van der Waals surface area contributed by atoms with Gasteiger partial charge in [-0.25, -0.2) is 0 Å². The molecule has 16 heavy (non-hydrogen) atoms. The van der Waals surface area contributed by atoms with Crippen LogP contribution in [0.3, 0.4) is 0 Å². The van der Waals surface area contributed by atoms with Crippen LogP contribution in [-0.4, -0.2) is 32.7 Å². The standard InChI is InChI=1S/C12H18N2O2/c1-3-16-11-7-5-4-6-10(11)12(13)14-8-9-15-2/h4-7H,3,8-9H2,1-2H3,(H2,13,14). The lowest BCUT2D eigenvalue weighted by atomic mass is 10.2. The summed E-state index contributed by atoms with van der Waals surface area (Å²) >= 11 is 0. The normalized spacial score (nSPS) is 11.5. The fraction of sp³-hybridized carbons (Fsp3) is 0.417. The third-order valence-corrected chi connectivity index (χ3v) is 2.04. The summed E-state index contributed by atoms with van der Waals surface area (Å²) in [6, 6.07) is 7.61. The van der Waals surface area contributed by atoms with Gasteiger partial charge in [0.15, 0.2) is 0 Å². The first kappa shape index (κ1) is 12.5. The molecule has 0 aliphatic rings. The molecule has 0 saturated carbocycles. The molecule has 4 heteroatoms. The van der Waals surface area contributed by atoms with Crippen molar-refractivity contribution in [1.29, 1.82) is 0 Å². The van der Waals surface area contributed by atoms with Gasteiger partial charge in [0.05, 0.1) is 25.3 Å². The third-order valence-electron chi connectivity index (χ3n) is 2.04. The van der Waals surface area contributed by atoms with E-state index in [9.17, 15) is 0 Å². The molecule has 1 aromatic rings. The van der Waals surface area contributed by atoms with Gasteiger partial charge in [-0.2, -0.15) is 0 Å². The van der Waals surface area contributed by atoms with Gasteiger partial charge >= 0.3 is 0 Å². The van der Waals surface area contributed by atoms with E-state index in [0.717, 1.165) is 11.3 Å². The molecule has 1 rings (SSSR count). The Morgan fingerprint density at radius 1 is 1.38 bits per heavy atom. The zero-order valence-electron chi connectivity index (χ0n) is 9.77. The third kappa shape index (κ3) is 3.55. The topological polar surface area (TPSA) is 56.8 Å². The molecule has 88 valence electrons. The van der Waals surface area contributed by atoms with Crippen LogP contribution in [0.4, 0.5) is 0 Å². The van der Waals surface area contributed by atoms with Gasteiger partial charge < -0.3 is 15.2 Å². The van der Waals surface area contributed by atoms with Gasteiger partial charge in [0, 0.05) is 7.11 Å². The van der Waals surface area contributed by atoms with Gasteiger partial charge in [0.2, 0.25) is 0 Å². The first-order valence-corrected chi connectivity index (χ1v) is 5.30. The van der Waals surface area contributed by atoms with Crippen LogP contribution in [0.2, 0.25) is 0 Å². The van der Waals surface area contributed by atoms with E-state index in [0.29, 0.717) is 25.6 Å². The predicted molar refractivity (Wildman–Crippen MR) is 65.1 cm³/mol. The Kier molecular flexibility index (Phi) is 5.36. The highest BCUT2D eigenvalue weighted by Crippen LogP contribution is 2.17. The summed E-state index contributed by atoms with van der Waals surface area (Å²) in [4.78, 5) is 4.22. The molecule has 0 spiro atoms. The number of hydrogen-bond donors (Lipinski definition) is 1. The first-order chi connectivity index (χ1) is 7.79. The zero-order chi connectivity index (χ0) is 11.8. The van der Waals surface area contributed by atoms with Gasteiger partial charge in [-0.05, 0) is 19.1 Å². The largest absolute Gasteiger partial charge is 0.493 e. The van der Waals surface area contributed by atoms with E-state index >= 15 is 0 Å². The van der Waals surface area contributed by atoms with Crippen LogP contribution in [0.1, 0.15) is 12.5 Å². The number of nitrogens with two attached hydrogens (primary N) is 1. The highest BCUT2D eigenvalue weighted by molar-refractivity contribution is 5.99. The van der Waals surface area contributed by atoms with Crippen molar-refractivity contribution in [2.75, 3.05) is 26.9 Å². The van der Waals surface area contributed by atoms with Crippen LogP contribution in [0.25, 0.3) is 0 Å². The van der Waals surface area contributed by atoms with Gasteiger partial charge in [0.1, 0.15) is 11.6 Å². The van der Waals surface area contributed by atoms with Crippen molar-refractivity contribution >= 4 is 5.84 Å². The summed E-state index contributed by atoms with van der Waals surface area (Å²) < 4.78 is 10.4. The molecule has 0 bridgehead atoms. The molecule has 4 nitrogen and oxygen atoms in total. The summed E-state index contributed by atoms with van der Waals surface area (Å²) in [5.41, 5.74) is 6.72. The molecular formula is C12H18N2O2. The number of para-hydroxylation sites is 1. The Morgan fingerprint density at radius 3 is 2.81 bits per heavy atom. The van der Waals surface area contributed by atoms with E-state index in [2.05, 4.69) is 4.99 Å². The Morgan fingerprint density at radius 2 is 2.12 bits per heavy atom.